The van der Waals surface area contributed by atoms with Crippen molar-refractivity contribution in [3.05, 3.63) is 50.9 Å². The Kier molecular flexibility index (Phi) is 5.32. The number of anilines is 1. The molecular weight excluding hydrogens is 366 g/mol. The van der Waals surface area contributed by atoms with E-state index in [2.05, 4.69) is 5.32 Å². The molecular formula is C20H21NO5S. The fourth-order valence-electron chi connectivity index (χ4n) is 3.00. The number of hydrogen-bond acceptors (Lipinski definition) is 6. The second-order valence-electron chi connectivity index (χ2n) is 6.46. The number of thiophene rings is 1. The third kappa shape index (κ3) is 3.73. The van der Waals surface area contributed by atoms with Crippen LogP contribution in [0.2, 0.25) is 0 Å². The van der Waals surface area contributed by atoms with Crippen molar-refractivity contribution in [2.24, 2.45) is 0 Å². The molecule has 0 unspecified atom stereocenters. The molecule has 0 bridgehead atoms. The maximum Gasteiger partial charge on any atom is 0.341 e. The Morgan fingerprint density at radius 3 is 2.74 bits per heavy atom. The molecule has 1 aliphatic heterocycles. The maximum absolute atomic E-state index is 12.7. The monoisotopic (exact) mass is 387 g/mol. The Morgan fingerprint density at radius 1 is 1.30 bits per heavy atom. The minimum absolute atomic E-state index is 0.247. The number of esters is 2. The Morgan fingerprint density at radius 2 is 2.04 bits per heavy atom. The molecule has 1 aliphatic rings. The summed E-state index contributed by atoms with van der Waals surface area (Å²) >= 11 is 1.30. The number of cyclic esters (lactones) is 1. The molecule has 1 aromatic heterocycles. The van der Waals surface area contributed by atoms with Gasteiger partial charge in [-0.1, -0.05) is 17.7 Å². The van der Waals surface area contributed by atoms with E-state index in [-0.39, 0.29) is 6.61 Å². The van der Waals surface area contributed by atoms with E-state index >= 15 is 0 Å². The van der Waals surface area contributed by atoms with Crippen LogP contribution in [0.25, 0.3) is 0 Å². The second-order valence-corrected chi connectivity index (χ2v) is 7.68. The van der Waals surface area contributed by atoms with E-state index in [1.54, 1.807) is 13.0 Å². The molecule has 1 amide bonds. The van der Waals surface area contributed by atoms with Crippen molar-refractivity contribution in [2.75, 3.05) is 11.9 Å². The van der Waals surface area contributed by atoms with Crippen LogP contribution in [-0.4, -0.2) is 30.6 Å². The predicted octanol–water partition coefficient (Wildman–Crippen LogP) is 3.57. The summed E-state index contributed by atoms with van der Waals surface area (Å²) in [6.45, 7) is 7.55. The van der Waals surface area contributed by atoms with Gasteiger partial charge in [-0.3, -0.25) is 4.79 Å². The fraction of sp³-hybridized carbons (Fsp3) is 0.350. The quantitative estimate of drug-likeness (QED) is 0.811. The summed E-state index contributed by atoms with van der Waals surface area (Å²) in [6, 6.07) is 5.50. The van der Waals surface area contributed by atoms with E-state index in [0.29, 0.717) is 22.5 Å². The first-order valence-electron chi connectivity index (χ1n) is 8.70. The number of fused-ring (bicyclic) bond motifs is 1. The van der Waals surface area contributed by atoms with Crippen molar-refractivity contribution < 1.29 is 23.9 Å². The lowest BCUT2D eigenvalue weighted by Gasteiger charge is -2.24. The molecule has 0 radical (unpaired) electrons. The molecule has 1 atom stereocenters. The van der Waals surface area contributed by atoms with Gasteiger partial charge in [-0.05, 0) is 44.9 Å². The normalized spacial score (nSPS) is 15.7. The molecule has 6 nitrogen and oxygen atoms in total. The van der Waals surface area contributed by atoms with Crippen LogP contribution in [0.5, 0.6) is 0 Å². The third-order valence-corrected chi connectivity index (χ3v) is 5.66. The van der Waals surface area contributed by atoms with Crippen molar-refractivity contribution in [2.45, 2.75) is 40.2 Å². The molecule has 7 heteroatoms. The zero-order valence-electron chi connectivity index (χ0n) is 15.7. The summed E-state index contributed by atoms with van der Waals surface area (Å²) < 4.78 is 10.4. The number of nitrogens with one attached hydrogen (secondary N) is 1. The number of rotatable bonds is 4. The molecule has 2 heterocycles. The highest BCUT2D eigenvalue weighted by Crippen LogP contribution is 2.33. The smallest absolute Gasteiger partial charge is 0.341 e. The van der Waals surface area contributed by atoms with Crippen LogP contribution in [0.1, 0.15) is 49.2 Å². The van der Waals surface area contributed by atoms with Gasteiger partial charge in [-0.15, -0.1) is 11.3 Å². The first-order valence-corrected chi connectivity index (χ1v) is 9.52. The van der Waals surface area contributed by atoms with Crippen molar-refractivity contribution in [1.82, 2.24) is 0 Å². The topological polar surface area (TPSA) is 81.7 Å². The number of benzene rings is 1. The van der Waals surface area contributed by atoms with E-state index in [1.807, 2.05) is 32.9 Å². The van der Waals surface area contributed by atoms with Crippen LogP contribution >= 0.6 is 11.3 Å². The van der Waals surface area contributed by atoms with Gasteiger partial charge in [0.05, 0.1) is 17.7 Å². The van der Waals surface area contributed by atoms with Crippen LogP contribution in [0.15, 0.2) is 18.2 Å². The highest BCUT2D eigenvalue weighted by atomic mass is 32.1. The molecule has 0 aliphatic carbocycles. The Hall–Kier alpha value is -2.67. The van der Waals surface area contributed by atoms with Gasteiger partial charge in [-0.25, -0.2) is 9.59 Å². The number of ether oxygens (including phenoxy) is 2. The van der Waals surface area contributed by atoms with Crippen LogP contribution in [0.3, 0.4) is 0 Å². The van der Waals surface area contributed by atoms with Gasteiger partial charge in [0.15, 0.2) is 6.10 Å². The molecule has 0 saturated heterocycles. The third-order valence-electron chi connectivity index (χ3n) is 4.53. The molecule has 27 heavy (non-hydrogen) atoms. The lowest BCUT2D eigenvalue weighted by molar-refractivity contribution is -0.125. The van der Waals surface area contributed by atoms with Crippen LogP contribution < -0.4 is 5.32 Å². The number of carbonyl (C=O) groups is 3. The van der Waals surface area contributed by atoms with Crippen LogP contribution in [0, 0.1) is 20.8 Å². The summed E-state index contributed by atoms with van der Waals surface area (Å²) in [5.74, 6) is -1.44. The highest BCUT2D eigenvalue weighted by Gasteiger charge is 2.32. The zero-order valence-corrected chi connectivity index (χ0v) is 16.5. The van der Waals surface area contributed by atoms with Crippen molar-refractivity contribution in [3.63, 3.8) is 0 Å². The highest BCUT2D eigenvalue weighted by molar-refractivity contribution is 7.16. The summed E-state index contributed by atoms with van der Waals surface area (Å²) in [5, 5.41) is 3.16. The zero-order chi connectivity index (χ0) is 19.7. The molecule has 3 rings (SSSR count). The first kappa shape index (κ1) is 19.1. The van der Waals surface area contributed by atoms with E-state index in [9.17, 15) is 14.4 Å². The van der Waals surface area contributed by atoms with Crippen molar-refractivity contribution in [1.29, 1.82) is 0 Å². The molecule has 0 saturated carbocycles. The molecule has 0 spiro atoms. The van der Waals surface area contributed by atoms with E-state index in [4.69, 9.17) is 9.47 Å². The van der Waals surface area contributed by atoms with Gasteiger partial charge >= 0.3 is 11.9 Å². The lowest BCUT2D eigenvalue weighted by atomic mass is 9.96. The lowest BCUT2D eigenvalue weighted by Crippen LogP contribution is -2.38. The average molecular weight is 387 g/mol. The second kappa shape index (κ2) is 7.52. The molecule has 0 fully saturated rings. The SMILES string of the molecule is CCOC(=O)c1c(NC(=O)[C@H]2Cc3ccc(C)cc3C(=O)O2)sc(C)c1C. The summed E-state index contributed by atoms with van der Waals surface area (Å²) in [5.41, 5.74) is 3.36. The summed E-state index contributed by atoms with van der Waals surface area (Å²) in [4.78, 5) is 38.1. The standard InChI is InChI=1S/C20H21NO5S/c1-5-25-20(24)16-11(3)12(4)27-18(16)21-17(22)15-9-13-7-6-10(2)8-14(13)19(23)26-15/h6-8,15H,5,9H2,1-4H3,(H,21,22)/t15-/m1/s1. The minimum Gasteiger partial charge on any atom is -0.462 e. The Bertz CT molecular complexity index is 931. The van der Waals surface area contributed by atoms with E-state index in [0.717, 1.165) is 21.6 Å². The van der Waals surface area contributed by atoms with Gasteiger partial charge in [0, 0.05) is 11.3 Å². The summed E-state index contributed by atoms with van der Waals surface area (Å²) in [7, 11) is 0. The minimum atomic E-state index is -0.939. The van der Waals surface area contributed by atoms with Gasteiger partial charge in [-0.2, -0.15) is 0 Å². The van der Waals surface area contributed by atoms with Gasteiger partial charge < -0.3 is 14.8 Å². The summed E-state index contributed by atoms with van der Waals surface area (Å²) in [6.07, 6.45) is -0.642. The van der Waals surface area contributed by atoms with E-state index < -0.39 is 23.9 Å². The number of amides is 1. The molecule has 2 aromatic rings. The van der Waals surface area contributed by atoms with Crippen molar-refractivity contribution >= 4 is 34.2 Å². The number of hydrogen-bond donors (Lipinski definition) is 1. The Balaban J connectivity index is 1.83. The molecule has 1 aromatic carbocycles. The first-order chi connectivity index (χ1) is 12.8. The van der Waals surface area contributed by atoms with Gasteiger partial charge in [0.25, 0.3) is 5.91 Å². The largest absolute Gasteiger partial charge is 0.462 e. The fourth-order valence-corrected chi connectivity index (χ4v) is 4.05. The predicted molar refractivity (Wildman–Crippen MR) is 102 cm³/mol. The average Bonchev–Trinajstić information content (AvgIpc) is 2.89. The molecule has 1 N–H and O–H groups in total. The van der Waals surface area contributed by atoms with Crippen LogP contribution in [0.4, 0.5) is 5.00 Å². The molecule has 142 valence electrons. The Labute approximate surface area is 161 Å². The van der Waals surface area contributed by atoms with Gasteiger partial charge in [0.1, 0.15) is 5.00 Å². The van der Waals surface area contributed by atoms with Gasteiger partial charge in [0.2, 0.25) is 0 Å². The maximum atomic E-state index is 12.7. The van der Waals surface area contributed by atoms with Crippen molar-refractivity contribution in [3.8, 4) is 0 Å². The van der Waals surface area contributed by atoms with Crippen LogP contribution in [-0.2, 0) is 20.7 Å². The number of aryl methyl sites for hydroxylation is 2. The van der Waals surface area contributed by atoms with E-state index in [1.165, 1.54) is 11.3 Å². The number of carbonyl (C=O) groups excluding carboxylic acids is 3.